The van der Waals surface area contributed by atoms with Crippen LogP contribution in [-0.4, -0.2) is 55.0 Å². The normalized spacial score (nSPS) is 13.3. The number of hydrogen-bond donors (Lipinski definition) is 1. The van der Waals surface area contributed by atoms with Crippen molar-refractivity contribution < 1.29 is 0 Å². The lowest BCUT2D eigenvalue weighted by Crippen LogP contribution is -2.39. The van der Waals surface area contributed by atoms with Crippen LogP contribution in [0.15, 0.2) is 27.9 Å². The van der Waals surface area contributed by atoms with Crippen molar-refractivity contribution in [3.05, 3.63) is 38.5 Å². The fourth-order valence-electron chi connectivity index (χ4n) is 2.43. The van der Waals surface area contributed by atoms with E-state index < -0.39 is 0 Å². The number of aliphatic imine (C=N–C) groups is 1. The number of rotatable bonds is 7. The molecule has 0 spiro atoms. The van der Waals surface area contributed by atoms with E-state index in [0.29, 0.717) is 6.04 Å². The lowest BCUT2D eigenvalue weighted by atomic mass is 10.2. The first-order valence-electron chi connectivity index (χ1n) is 8.11. The maximum absolute atomic E-state index is 4.87. The lowest BCUT2D eigenvalue weighted by Gasteiger charge is -2.25. The number of thiophene rings is 1. The van der Waals surface area contributed by atoms with Crippen molar-refractivity contribution in [1.82, 2.24) is 20.1 Å². The summed E-state index contributed by atoms with van der Waals surface area (Å²) in [4.78, 5) is 15.1. The van der Waals surface area contributed by atoms with Crippen LogP contribution in [0.2, 0.25) is 0 Å². The average Bonchev–Trinajstić information content (AvgIpc) is 3.18. The number of aromatic nitrogens is 1. The summed E-state index contributed by atoms with van der Waals surface area (Å²) >= 11 is 3.47. The van der Waals surface area contributed by atoms with Gasteiger partial charge >= 0.3 is 0 Å². The third-order valence-electron chi connectivity index (χ3n) is 3.67. The third-order valence-corrected chi connectivity index (χ3v) is 5.47. The van der Waals surface area contributed by atoms with Gasteiger partial charge in [0.25, 0.3) is 0 Å². The van der Waals surface area contributed by atoms with Crippen LogP contribution in [0, 0.1) is 6.92 Å². The van der Waals surface area contributed by atoms with E-state index in [-0.39, 0.29) is 0 Å². The third kappa shape index (κ3) is 5.29. The molecule has 2 aromatic rings. The van der Waals surface area contributed by atoms with Gasteiger partial charge < -0.3 is 15.1 Å². The molecular formula is C17H27N5S2. The zero-order chi connectivity index (χ0) is 17.5. The molecular weight excluding hydrogens is 338 g/mol. The highest BCUT2D eigenvalue weighted by Gasteiger charge is 2.16. The summed E-state index contributed by atoms with van der Waals surface area (Å²) in [6.45, 7) is 6.48. The molecule has 7 heteroatoms. The second-order valence-electron chi connectivity index (χ2n) is 5.90. The number of guanidine groups is 1. The minimum atomic E-state index is 0.300. The van der Waals surface area contributed by atoms with Gasteiger partial charge in [-0.25, -0.2) is 4.98 Å². The van der Waals surface area contributed by atoms with Crippen molar-refractivity contribution in [1.29, 1.82) is 0 Å². The predicted octanol–water partition coefficient (Wildman–Crippen LogP) is 3.21. The molecule has 0 radical (unpaired) electrons. The van der Waals surface area contributed by atoms with E-state index in [2.05, 4.69) is 71.1 Å². The molecule has 2 rings (SSSR count). The molecule has 1 N–H and O–H groups in total. The highest BCUT2D eigenvalue weighted by molar-refractivity contribution is 7.10. The maximum atomic E-state index is 4.87. The molecule has 0 fully saturated rings. The topological polar surface area (TPSA) is 43.8 Å². The van der Waals surface area contributed by atoms with Crippen LogP contribution in [0.3, 0.4) is 0 Å². The number of hydrogen-bond acceptors (Lipinski definition) is 5. The Kier molecular flexibility index (Phi) is 7.20. The first-order valence-corrected chi connectivity index (χ1v) is 9.87. The Balaban J connectivity index is 2.08. The molecule has 24 heavy (non-hydrogen) atoms. The number of aryl methyl sites for hydroxylation is 1. The molecule has 0 aliphatic rings. The van der Waals surface area contributed by atoms with Gasteiger partial charge in [-0.1, -0.05) is 6.07 Å². The zero-order valence-corrected chi connectivity index (χ0v) is 16.7. The summed E-state index contributed by atoms with van der Waals surface area (Å²) in [5, 5.41) is 8.73. The number of nitrogens with one attached hydrogen (secondary N) is 1. The molecule has 2 aromatic heterocycles. The molecule has 0 saturated heterocycles. The smallest absolute Gasteiger partial charge is 0.194 e. The predicted molar refractivity (Wildman–Crippen MR) is 105 cm³/mol. The summed E-state index contributed by atoms with van der Waals surface area (Å²) < 4.78 is 0. The zero-order valence-electron chi connectivity index (χ0n) is 15.1. The number of likely N-dealkylation sites (N-methyl/N-ethyl adjacent to an activating group) is 1. The minimum Gasteiger partial charge on any atom is -0.357 e. The molecule has 0 aliphatic carbocycles. The van der Waals surface area contributed by atoms with Crippen molar-refractivity contribution >= 4 is 28.6 Å². The second-order valence-corrected chi connectivity index (χ2v) is 7.94. The summed E-state index contributed by atoms with van der Waals surface area (Å²) in [7, 11) is 6.27. The molecule has 0 aliphatic heterocycles. The van der Waals surface area contributed by atoms with Crippen LogP contribution in [0.5, 0.6) is 0 Å². The van der Waals surface area contributed by atoms with E-state index in [9.17, 15) is 0 Å². The van der Waals surface area contributed by atoms with Gasteiger partial charge in [-0.15, -0.1) is 22.7 Å². The largest absolute Gasteiger partial charge is 0.357 e. The van der Waals surface area contributed by atoms with Gasteiger partial charge in [-0.05, 0) is 39.4 Å². The fraction of sp³-hybridized carbons (Fsp3) is 0.529. The molecule has 1 atom stereocenters. The van der Waals surface area contributed by atoms with E-state index >= 15 is 0 Å². The Morgan fingerprint density at radius 2 is 2.12 bits per heavy atom. The molecule has 0 amide bonds. The average molecular weight is 366 g/mol. The van der Waals surface area contributed by atoms with Crippen LogP contribution in [0.25, 0.3) is 0 Å². The van der Waals surface area contributed by atoms with Crippen molar-refractivity contribution in [3.8, 4) is 0 Å². The van der Waals surface area contributed by atoms with Gasteiger partial charge in [0.05, 0.1) is 29.8 Å². The van der Waals surface area contributed by atoms with Gasteiger partial charge in [0.2, 0.25) is 0 Å². The van der Waals surface area contributed by atoms with E-state index in [1.54, 1.807) is 22.7 Å². The number of thiazole rings is 1. The standard InChI is InChI=1S/C17H27N5S2/c1-6-18-17(22(5)11-14-12-24-13(2)20-14)19-10-15(21(3)4)16-8-7-9-23-16/h7-9,12,15H,6,10-11H2,1-5H3,(H,18,19). The van der Waals surface area contributed by atoms with E-state index in [0.717, 1.165) is 36.3 Å². The Hall–Kier alpha value is -1.44. The quantitative estimate of drug-likeness (QED) is 0.604. The van der Waals surface area contributed by atoms with Crippen LogP contribution >= 0.6 is 22.7 Å². The van der Waals surface area contributed by atoms with Crippen LogP contribution in [0.4, 0.5) is 0 Å². The lowest BCUT2D eigenvalue weighted by molar-refractivity contribution is 0.309. The van der Waals surface area contributed by atoms with Crippen LogP contribution in [-0.2, 0) is 6.54 Å². The van der Waals surface area contributed by atoms with Crippen molar-refractivity contribution in [2.24, 2.45) is 4.99 Å². The summed E-state index contributed by atoms with van der Waals surface area (Å²) in [6, 6.07) is 4.58. The molecule has 0 saturated carbocycles. The second kappa shape index (κ2) is 9.15. The molecule has 132 valence electrons. The first-order chi connectivity index (χ1) is 11.5. The Morgan fingerprint density at radius 3 is 2.67 bits per heavy atom. The summed E-state index contributed by atoms with van der Waals surface area (Å²) in [5.41, 5.74) is 1.09. The van der Waals surface area contributed by atoms with Crippen molar-refractivity contribution in [2.75, 3.05) is 34.2 Å². The summed E-state index contributed by atoms with van der Waals surface area (Å²) in [6.07, 6.45) is 0. The van der Waals surface area contributed by atoms with Gasteiger partial charge in [0.15, 0.2) is 5.96 Å². The van der Waals surface area contributed by atoms with Gasteiger partial charge in [-0.3, -0.25) is 4.99 Å². The van der Waals surface area contributed by atoms with E-state index in [1.165, 1.54) is 4.88 Å². The Labute approximate surface area is 153 Å². The highest BCUT2D eigenvalue weighted by Crippen LogP contribution is 2.23. The highest BCUT2D eigenvalue weighted by atomic mass is 32.1. The van der Waals surface area contributed by atoms with Gasteiger partial charge in [0.1, 0.15) is 0 Å². The van der Waals surface area contributed by atoms with Crippen molar-refractivity contribution in [2.45, 2.75) is 26.4 Å². The van der Waals surface area contributed by atoms with E-state index in [4.69, 9.17) is 4.99 Å². The Morgan fingerprint density at radius 1 is 1.33 bits per heavy atom. The number of nitrogens with zero attached hydrogens (tertiary/aromatic N) is 4. The molecule has 0 bridgehead atoms. The van der Waals surface area contributed by atoms with Gasteiger partial charge in [0, 0.05) is 23.8 Å². The van der Waals surface area contributed by atoms with Gasteiger partial charge in [-0.2, -0.15) is 0 Å². The monoisotopic (exact) mass is 365 g/mol. The first kappa shape index (κ1) is 18.9. The van der Waals surface area contributed by atoms with Crippen LogP contribution in [0.1, 0.15) is 28.5 Å². The minimum absolute atomic E-state index is 0.300. The summed E-state index contributed by atoms with van der Waals surface area (Å²) in [5.74, 6) is 0.923. The Bertz CT molecular complexity index is 633. The maximum Gasteiger partial charge on any atom is 0.194 e. The molecule has 5 nitrogen and oxygen atoms in total. The molecule has 0 aromatic carbocycles. The van der Waals surface area contributed by atoms with Crippen molar-refractivity contribution in [3.63, 3.8) is 0 Å². The van der Waals surface area contributed by atoms with Crippen LogP contribution < -0.4 is 5.32 Å². The SMILES string of the molecule is CCNC(=NCC(c1cccs1)N(C)C)N(C)Cc1csc(C)n1. The fourth-order valence-corrected chi connectivity index (χ4v) is 3.95. The van der Waals surface area contributed by atoms with E-state index in [1.807, 2.05) is 6.92 Å². The molecule has 1 unspecified atom stereocenters. The molecule has 2 heterocycles.